The third-order valence-corrected chi connectivity index (χ3v) is 6.40. The number of aromatic nitrogens is 5. The van der Waals surface area contributed by atoms with Crippen LogP contribution in [0.5, 0.6) is 0 Å². The molecule has 4 heterocycles. The Bertz CT molecular complexity index is 1430. The highest BCUT2D eigenvalue weighted by Crippen LogP contribution is 2.39. The molecule has 8 heteroatoms. The molecule has 1 aliphatic rings. The van der Waals surface area contributed by atoms with Crippen molar-refractivity contribution in [1.29, 1.82) is 0 Å². The van der Waals surface area contributed by atoms with Crippen LogP contribution in [0.3, 0.4) is 0 Å². The number of pyridine rings is 1. The molecule has 160 valence electrons. The Hall–Kier alpha value is -3.78. The van der Waals surface area contributed by atoms with E-state index in [2.05, 4.69) is 26.5 Å². The topological polar surface area (TPSA) is 116 Å². The van der Waals surface area contributed by atoms with Crippen LogP contribution in [0.25, 0.3) is 44.2 Å². The van der Waals surface area contributed by atoms with Gasteiger partial charge in [-0.3, -0.25) is 4.68 Å². The number of nitrogens with two attached hydrogens (primary N) is 1. The molecule has 0 atom stereocenters. The van der Waals surface area contributed by atoms with Gasteiger partial charge >= 0.3 is 0 Å². The Labute approximate surface area is 183 Å². The summed E-state index contributed by atoms with van der Waals surface area (Å²) in [5.74, 6) is 1.05. The molecule has 0 amide bonds. The lowest BCUT2D eigenvalue weighted by Gasteiger charge is -2.25. The predicted molar refractivity (Wildman–Crippen MR) is 122 cm³/mol. The van der Waals surface area contributed by atoms with Gasteiger partial charge in [-0.15, -0.1) is 0 Å². The first-order valence-electron chi connectivity index (χ1n) is 10.8. The number of benzene rings is 1. The zero-order valence-electron chi connectivity index (χ0n) is 17.3. The van der Waals surface area contributed by atoms with Crippen molar-refractivity contribution in [3.05, 3.63) is 55.2 Å². The minimum atomic E-state index is -0.188. The van der Waals surface area contributed by atoms with Crippen molar-refractivity contribution < 1.29 is 9.52 Å². The van der Waals surface area contributed by atoms with E-state index in [0.717, 1.165) is 58.5 Å². The van der Waals surface area contributed by atoms with E-state index in [9.17, 15) is 5.11 Å². The number of aliphatic hydroxyl groups excluding tert-OH is 1. The molecule has 0 radical (unpaired) electrons. The highest BCUT2D eigenvalue weighted by molar-refractivity contribution is 6.02. The molecule has 0 saturated heterocycles. The first-order valence-corrected chi connectivity index (χ1v) is 10.8. The second-order valence-electron chi connectivity index (χ2n) is 8.38. The van der Waals surface area contributed by atoms with Crippen molar-refractivity contribution in [1.82, 2.24) is 25.0 Å². The summed E-state index contributed by atoms with van der Waals surface area (Å²) in [6.07, 6.45) is 12.5. The van der Waals surface area contributed by atoms with Crippen molar-refractivity contribution in [2.75, 3.05) is 5.73 Å². The fourth-order valence-corrected chi connectivity index (χ4v) is 4.65. The zero-order valence-corrected chi connectivity index (χ0v) is 17.3. The van der Waals surface area contributed by atoms with Crippen LogP contribution < -0.4 is 5.73 Å². The summed E-state index contributed by atoms with van der Waals surface area (Å²) in [6.45, 7) is 0. The van der Waals surface area contributed by atoms with Crippen LogP contribution in [0, 0.1) is 0 Å². The summed E-state index contributed by atoms with van der Waals surface area (Å²) in [5, 5.41) is 25.2. The SMILES string of the molecule is Nc1ncc(-c2cnn(C3CCC(O)CC3)c2)c2cc(-c3cccc4cnncc34)oc12. The molecule has 32 heavy (non-hydrogen) atoms. The number of fused-ring (bicyclic) bond motifs is 2. The summed E-state index contributed by atoms with van der Waals surface area (Å²) in [4.78, 5) is 4.38. The lowest BCUT2D eigenvalue weighted by molar-refractivity contribution is 0.108. The normalized spacial score (nSPS) is 19.0. The number of nitrogen functional groups attached to an aromatic ring is 1. The third-order valence-electron chi connectivity index (χ3n) is 6.40. The van der Waals surface area contributed by atoms with E-state index < -0.39 is 0 Å². The van der Waals surface area contributed by atoms with E-state index in [1.165, 1.54) is 0 Å². The van der Waals surface area contributed by atoms with Gasteiger partial charge in [-0.2, -0.15) is 15.3 Å². The van der Waals surface area contributed by atoms with Gasteiger partial charge in [0.15, 0.2) is 11.4 Å². The standard InChI is InChI=1S/C24H22N6O2/c25-24-23-19(8-22(32-23)18-3-1-2-14-9-27-28-12-21(14)18)20(11-26-24)15-10-29-30(13-15)16-4-6-17(31)7-5-16/h1-3,8-13,16-17,31H,4-7H2,(H2,25,26). The molecule has 5 aromatic rings. The Balaban J connectivity index is 1.44. The molecule has 4 aromatic heterocycles. The Morgan fingerprint density at radius 3 is 2.69 bits per heavy atom. The summed E-state index contributed by atoms with van der Waals surface area (Å²) >= 11 is 0. The molecule has 1 aliphatic carbocycles. The van der Waals surface area contributed by atoms with Gasteiger partial charge in [0.05, 0.1) is 30.7 Å². The molecular weight excluding hydrogens is 404 g/mol. The minimum absolute atomic E-state index is 0.188. The summed E-state index contributed by atoms with van der Waals surface area (Å²) in [6, 6.07) is 8.28. The maximum absolute atomic E-state index is 9.80. The van der Waals surface area contributed by atoms with Gasteiger partial charge < -0.3 is 15.3 Å². The van der Waals surface area contributed by atoms with Crippen molar-refractivity contribution in [2.45, 2.75) is 37.8 Å². The number of aliphatic hydroxyl groups is 1. The monoisotopic (exact) mass is 426 g/mol. The molecule has 1 aromatic carbocycles. The number of furan rings is 1. The van der Waals surface area contributed by atoms with Gasteiger partial charge in [0.2, 0.25) is 0 Å². The van der Waals surface area contributed by atoms with Crippen LogP contribution in [0.1, 0.15) is 31.7 Å². The first-order chi connectivity index (χ1) is 15.7. The molecule has 0 spiro atoms. The van der Waals surface area contributed by atoms with Crippen molar-refractivity contribution in [3.8, 4) is 22.5 Å². The highest BCUT2D eigenvalue weighted by Gasteiger charge is 2.22. The lowest BCUT2D eigenvalue weighted by Crippen LogP contribution is -2.21. The third kappa shape index (κ3) is 3.11. The molecule has 0 unspecified atom stereocenters. The smallest absolute Gasteiger partial charge is 0.177 e. The van der Waals surface area contributed by atoms with Gasteiger partial charge in [0, 0.05) is 45.2 Å². The predicted octanol–water partition coefficient (Wildman–Crippen LogP) is 4.36. The molecule has 8 nitrogen and oxygen atoms in total. The van der Waals surface area contributed by atoms with Crippen molar-refractivity contribution >= 4 is 27.6 Å². The number of anilines is 1. The van der Waals surface area contributed by atoms with Crippen molar-refractivity contribution in [2.24, 2.45) is 0 Å². The van der Waals surface area contributed by atoms with Gasteiger partial charge in [-0.05, 0) is 31.7 Å². The highest BCUT2D eigenvalue weighted by atomic mass is 16.3. The van der Waals surface area contributed by atoms with Crippen LogP contribution in [0.2, 0.25) is 0 Å². The van der Waals surface area contributed by atoms with E-state index in [1.807, 2.05) is 35.1 Å². The van der Waals surface area contributed by atoms with Gasteiger partial charge in [0.1, 0.15) is 5.76 Å². The Morgan fingerprint density at radius 1 is 0.969 bits per heavy atom. The minimum Gasteiger partial charge on any atom is -0.452 e. The number of rotatable bonds is 3. The molecular formula is C24H22N6O2. The fraction of sp³-hybridized carbons (Fsp3) is 0.250. The molecule has 3 N–H and O–H groups in total. The summed E-state index contributed by atoms with van der Waals surface area (Å²) < 4.78 is 8.21. The maximum Gasteiger partial charge on any atom is 0.177 e. The van der Waals surface area contributed by atoms with Crippen LogP contribution in [-0.4, -0.2) is 36.2 Å². The quantitative estimate of drug-likeness (QED) is 0.440. The van der Waals surface area contributed by atoms with Gasteiger partial charge in [0.25, 0.3) is 0 Å². The summed E-state index contributed by atoms with van der Waals surface area (Å²) in [5.41, 5.74) is 9.54. The van der Waals surface area contributed by atoms with Gasteiger partial charge in [-0.1, -0.05) is 18.2 Å². The molecule has 1 fully saturated rings. The maximum atomic E-state index is 9.80. The lowest BCUT2D eigenvalue weighted by atomic mass is 9.93. The number of nitrogens with zero attached hydrogens (tertiary/aromatic N) is 5. The largest absolute Gasteiger partial charge is 0.452 e. The zero-order chi connectivity index (χ0) is 21.7. The fourth-order valence-electron chi connectivity index (χ4n) is 4.65. The average Bonchev–Trinajstić information content (AvgIpc) is 3.48. The average molecular weight is 426 g/mol. The molecule has 0 aliphatic heterocycles. The summed E-state index contributed by atoms with van der Waals surface area (Å²) in [7, 11) is 0. The second-order valence-corrected chi connectivity index (χ2v) is 8.38. The van der Waals surface area contributed by atoms with E-state index in [4.69, 9.17) is 10.2 Å². The molecule has 1 saturated carbocycles. The van der Waals surface area contributed by atoms with Crippen LogP contribution in [0.15, 0.2) is 59.7 Å². The van der Waals surface area contributed by atoms with E-state index in [0.29, 0.717) is 23.2 Å². The van der Waals surface area contributed by atoms with E-state index in [-0.39, 0.29) is 6.10 Å². The van der Waals surface area contributed by atoms with E-state index in [1.54, 1.807) is 18.6 Å². The van der Waals surface area contributed by atoms with Gasteiger partial charge in [-0.25, -0.2) is 4.98 Å². The molecule has 6 rings (SSSR count). The van der Waals surface area contributed by atoms with Crippen LogP contribution >= 0.6 is 0 Å². The van der Waals surface area contributed by atoms with Crippen LogP contribution in [-0.2, 0) is 0 Å². The molecule has 0 bridgehead atoms. The second kappa shape index (κ2) is 7.42. The number of hydrogen-bond acceptors (Lipinski definition) is 7. The van der Waals surface area contributed by atoms with Crippen LogP contribution in [0.4, 0.5) is 5.82 Å². The number of hydrogen-bond donors (Lipinski definition) is 2. The Morgan fingerprint density at radius 2 is 1.81 bits per heavy atom. The van der Waals surface area contributed by atoms with Crippen molar-refractivity contribution in [3.63, 3.8) is 0 Å². The first kappa shape index (κ1) is 18.9. The Kier molecular flexibility index (Phi) is 4.39. The van der Waals surface area contributed by atoms with E-state index >= 15 is 0 Å².